The van der Waals surface area contributed by atoms with Crippen LogP contribution in [0.15, 0.2) is 54.1 Å². The van der Waals surface area contributed by atoms with Crippen LogP contribution in [0.25, 0.3) is 0 Å². The number of hydrogen-bond acceptors (Lipinski definition) is 7. The molecule has 1 aromatic carbocycles. The van der Waals surface area contributed by atoms with E-state index in [0.717, 1.165) is 68.8 Å². The zero-order valence-corrected chi connectivity index (χ0v) is 26.3. The standard InChI is InChI=1S/C33H42F6N6O/c1-3-43(21-23-9-5-6-10-23)28-11-12-30(46-2)45(22-24-15-25(32(34,35)36)17-26(16-24)33(37,38)39)29(28)20-42-31-40-18-27(19-41-31)44-13-7-4-8-14-44/h11-12,15-19,23,30H,3-10,13-14,20-22H2,1-2H3,(H,40,41,42). The van der Waals surface area contributed by atoms with Crippen LogP contribution in [0.2, 0.25) is 0 Å². The van der Waals surface area contributed by atoms with Crippen LogP contribution in [0.5, 0.6) is 0 Å². The summed E-state index contributed by atoms with van der Waals surface area (Å²) in [5, 5.41) is 3.26. The van der Waals surface area contributed by atoms with Crippen molar-refractivity contribution in [1.82, 2.24) is 19.8 Å². The third kappa shape index (κ3) is 8.26. The lowest BCUT2D eigenvalue weighted by Crippen LogP contribution is -2.42. The van der Waals surface area contributed by atoms with Crippen molar-refractivity contribution < 1.29 is 31.1 Å². The van der Waals surface area contributed by atoms with Crippen LogP contribution in [0.1, 0.15) is 68.6 Å². The van der Waals surface area contributed by atoms with Crippen molar-refractivity contribution in [1.29, 1.82) is 0 Å². The van der Waals surface area contributed by atoms with E-state index in [1.807, 2.05) is 13.0 Å². The minimum Gasteiger partial charge on any atom is -0.370 e. The van der Waals surface area contributed by atoms with E-state index in [1.54, 1.807) is 23.4 Å². The summed E-state index contributed by atoms with van der Waals surface area (Å²) in [6, 6.07) is 1.72. The summed E-state index contributed by atoms with van der Waals surface area (Å²) in [7, 11) is 1.46. The lowest BCUT2D eigenvalue weighted by atomic mass is 10.0. The number of rotatable bonds is 11. The fourth-order valence-electron chi connectivity index (χ4n) is 6.65. The summed E-state index contributed by atoms with van der Waals surface area (Å²) in [4.78, 5) is 15.2. The number of alkyl halides is 6. The Balaban J connectivity index is 1.48. The average Bonchev–Trinajstić information content (AvgIpc) is 3.56. The highest BCUT2D eigenvalue weighted by Gasteiger charge is 2.38. The van der Waals surface area contributed by atoms with E-state index in [-0.39, 0.29) is 24.7 Å². The molecule has 13 heteroatoms. The van der Waals surface area contributed by atoms with Crippen LogP contribution in [-0.2, 0) is 23.6 Å². The Bertz CT molecular complexity index is 1330. The van der Waals surface area contributed by atoms with Gasteiger partial charge < -0.3 is 24.8 Å². The number of halogens is 6. The molecule has 2 aliphatic heterocycles. The van der Waals surface area contributed by atoms with E-state index < -0.39 is 29.7 Å². The maximum absolute atomic E-state index is 13.7. The van der Waals surface area contributed by atoms with Crippen LogP contribution in [-0.4, -0.2) is 65.8 Å². The van der Waals surface area contributed by atoms with E-state index in [1.165, 1.54) is 26.4 Å². The first-order valence-electron chi connectivity index (χ1n) is 16.0. The van der Waals surface area contributed by atoms with Crippen molar-refractivity contribution in [2.45, 2.75) is 77.0 Å². The van der Waals surface area contributed by atoms with Crippen LogP contribution in [0, 0.1) is 5.92 Å². The molecule has 2 fully saturated rings. The Labute approximate surface area is 266 Å². The lowest BCUT2D eigenvalue weighted by molar-refractivity contribution is -0.143. The molecule has 1 aromatic heterocycles. The highest BCUT2D eigenvalue weighted by atomic mass is 19.4. The summed E-state index contributed by atoms with van der Waals surface area (Å²) in [6.45, 7) is 5.35. The number of hydrogen-bond donors (Lipinski definition) is 1. The van der Waals surface area contributed by atoms with Gasteiger partial charge in [0.2, 0.25) is 5.95 Å². The first kappa shape index (κ1) is 33.9. The Hall–Kier alpha value is -3.48. The summed E-state index contributed by atoms with van der Waals surface area (Å²) >= 11 is 0. The van der Waals surface area contributed by atoms with Crippen molar-refractivity contribution in [3.05, 3.63) is 70.8 Å². The van der Waals surface area contributed by atoms with Gasteiger partial charge in [-0.05, 0) is 80.9 Å². The molecule has 1 atom stereocenters. The van der Waals surface area contributed by atoms with Gasteiger partial charge in [-0.15, -0.1) is 0 Å². The molecule has 0 bridgehead atoms. The molecule has 252 valence electrons. The molecular formula is C33H42F6N6O. The highest BCUT2D eigenvalue weighted by molar-refractivity contribution is 5.45. The molecular weight excluding hydrogens is 610 g/mol. The Morgan fingerprint density at radius 3 is 2.11 bits per heavy atom. The number of methoxy groups -OCH3 is 1. The van der Waals surface area contributed by atoms with Crippen molar-refractivity contribution in [3.8, 4) is 0 Å². The van der Waals surface area contributed by atoms with Gasteiger partial charge in [0.25, 0.3) is 0 Å². The molecule has 3 heterocycles. The second-order valence-corrected chi connectivity index (χ2v) is 12.2. The van der Waals surface area contributed by atoms with Gasteiger partial charge in [-0.25, -0.2) is 9.97 Å². The highest BCUT2D eigenvalue weighted by Crippen LogP contribution is 2.38. The van der Waals surface area contributed by atoms with Gasteiger partial charge in [-0.1, -0.05) is 12.8 Å². The summed E-state index contributed by atoms with van der Waals surface area (Å²) in [5.41, 5.74) is -0.377. The van der Waals surface area contributed by atoms with E-state index in [9.17, 15) is 26.3 Å². The molecule has 3 aliphatic rings. The van der Waals surface area contributed by atoms with E-state index in [4.69, 9.17) is 4.74 Å². The maximum Gasteiger partial charge on any atom is 0.416 e. The number of nitrogens with one attached hydrogen (secondary N) is 1. The number of anilines is 2. The van der Waals surface area contributed by atoms with Crippen molar-refractivity contribution >= 4 is 11.6 Å². The Morgan fingerprint density at radius 2 is 1.54 bits per heavy atom. The van der Waals surface area contributed by atoms with Crippen molar-refractivity contribution in [3.63, 3.8) is 0 Å². The van der Waals surface area contributed by atoms with E-state index in [2.05, 4.69) is 25.1 Å². The maximum atomic E-state index is 13.7. The number of aromatic nitrogens is 2. The molecule has 2 aromatic rings. The SMILES string of the molecule is CCN(CC1CCCC1)C1=C(CNc2ncc(N3CCCCC3)cn2)N(Cc2cc(C(F)(F)F)cc(C(F)(F)F)c2)C(OC)C=C1. The fraction of sp³-hybridized carbons (Fsp3) is 0.576. The predicted molar refractivity (Wildman–Crippen MR) is 165 cm³/mol. The molecule has 7 nitrogen and oxygen atoms in total. The number of benzene rings is 1. The fourth-order valence-corrected chi connectivity index (χ4v) is 6.65. The van der Waals surface area contributed by atoms with Crippen LogP contribution < -0.4 is 10.2 Å². The number of likely N-dealkylation sites (N-methyl/N-ethyl adjacent to an activating group) is 1. The van der Waals surface area contributed by atoms with Crippen LogP contribution >= 0.6 is 0 Å². The molecule has 0 amide bonds. The van der Waals surface area contributed by atoms with Gasteiger partial charge in [0.05, 0.1) is 47.1 Å². The minimum absolute atomic E-state index is 0.127. The zero-order chi connectivity index (χ0) is 32.9. The number of ether oxygens (including phenoxy) is 1. The normalized spacial score (nSPS) is 19.7. The molecule has 0 radical (unpaired) electrons. The third-order valence-corrected chi connectivity index (χ3v) is 9.06. The van der Waals surface area contributed by atoms with Crippen molar-refractivity contribution in [2.75, 3.05) is 50.1 Å². The van der Waals surface area contributed by atoms with Crippen molar-refractivity contribution in [2.24, 2.45) is 5.92 Å². The van der Waals surface area contributed by atoms with Gasteiger partial charge in [0.15, 0.2) is 0 Å². The number of piperidine rings is 1. The third-order valence-electron chi connectivity index (χ3n) is 9.06. The molecule has 1 saturated heterocycles. The first-order valence-corrected chi connectivity index (χ1v) is 16.0. The van der Waals surface area contributed by atoms with Gasteiger partial charge in [0.1, 0.15) is 6.23 Å². The topological polar surface area (TPSA) is 56.8 Å². The first-order chi connectivity index (χ1) is 22.0. The van der Waals surface area contributed by atoms with E-state index in [0.29, 0.717) is 24.1 Å². The quantitative estimate of drug-likeness (QED) is 0.250. The molecule has 1 unspecified atom stereocenters. The van der Waals surface area contributed by atoms with Crippen LogP contribution in [0.3, 0.4) is 0 Å². The summed E-state index contributed by atoms with van der Waals surface area (Å²) in [5.74, 6) is 0.875. The van der Waals surface area contributed by atoms with E-state index >= 15 is 0 Å². The van der Waals surface area contributed by atoms with Gasteiger partial charge in [0, 0.05) is 39.8 Å². The molecule has 1 N–H and O–H groups in total. The monoisotopic (exact) mass is 652 g/mol. The number of allylic oxidation sites excluding steroid dienone is 1. The second kappa shape index (κ2) is 14.5. The Morgan fingerprint density at radius 1 is 0.913 bits per heavy atom. The van der Waals surface area contributed by atoms with Gasteiger partial charge in [-0.3, -0.25) is 0 Å². The lowest BCUT2D eigenvalue weighted by Gasteiger charge is -2.40. The molecule has 1 saturated carbocycles. The molecule has 46 heavy (non-hydrogen) atoms. The predicted octanol–water partition coefficient (Wildman–Crippen LogP) is 7.68. The molecule has 0 spiro atoms. The van der Waals surface area contributed by atoms with Gasteiger partial charge in [-0.2, -0.15) is 26.3 Å². The Kier molecular flexibility index (Phi) is 10.7. The van der Waals surface area contributed by atoms with Gasteiger partial charge >= 0.3 is 12.4 Å². The summed E-state index contributed by atoms with van der Waals surface area (Å²) < 4.78 is 88.1. The largest absolute Gasteiger partial charge is 0.416 e. The second-order valence-electron chi connectivity index (χ2n) is 12.2. The average molecular weight is 653 g/mol. The molecule has 5 rings (SSSR count). The molecule has 1 aliphatic carbocycles. The van der Waals surface area contributed by atoms with Crippen LogP contribution in [0.4, 0.5) is 38.0 Å². The number of nitrogens with zero attached hydrogens (tertiary/aromatic N) is 5. The summed E-state index contributed by atoms with van der Waals surface area (Å²) in [6.07, 6.45) is 4.68. The zero-order valence-electron chi connectivity index (χ0n) is 26.3. The smallest absolute Gasteiger partial charge is 0.370 e. The minimum atomic E-state index is -4.94.